The van der Waals surface area contributed by atoms with Gasteiger partial charge in [-0.25, -0.2) is 8.78 Å². The second-order valence-electron chi connectivity index (χ2n) is 4.33. The first-order valence-corrected chi connectivity index (χ1v) is 6.08. The summed E-state index contributed by atoms with van der Waals surface area (Å²) in [4.78, 5) is 11.9. The Labute approximate surface area is 114 Å². The molecular weight excluding hydrogens is 270 g/mol. The molecule has 4 heteroatoms. The highest BCUT2D eigenvalue weighted by Crippen LogP contribution is 2.18. The van der Waals surface area contributed by atoms with Gasteiger partial charge >= 0.3 is 0 Å². The average molecular weight is 281 g/mol. The average Bonchev–Trinajstić information content (AvgIpc) is 2.33. The third kappa shape index (κ3) is 3.18. The third-order valence-corrected chi connectivity index (χ3v) is 3.08. The van der Waals surface area contributed by atoms with Crippen molar-refractivity contribution in [2.24, 2.45) is 0 Å². The van der Waals surface area contributed by atoms with E-state index in [-0.39, 0.29) is 22.8 Å². The summed E-state index contributed by atoms with van der Waals surface area (Å²) in [5, 5.41) is -0.00212. The van der Waals surface area contributed by atoms with Gasteiger partial charge in [-0.15, -0.1) is 0 Å². The van der Waals surface area contributed by atoms with Crippen LogP contribution in [0.15, 0.2) is 36.4 Å². The molecule has 1 nitrogen and oxygen atoms in total. The Hall–Kier alpha value is -1.74. The summed E-state index contributed by atoms with van der Waals surface area (Å²) >= 11 is 5.56. The molecule has 0 unspecified atom stereocenters. The Morgan fingerprint density at radius 2 is 1.84 bits per heavy atom. The Morgan fingerprint density at radius 3 is 2.47 bits per heavy atom. The lowest BCUT2D eigenvalue weighted by molar-refractivity contribution is 0.0989. The Bertz CT molecular complexity index is 638. The lowest BCUT2D eigenvalue weighted by Gasteiger charge is -2.05. The van der Waals surface area contributed by atoms with Crippen molar-refractivity contribution in [1.82, 2.24) is 0 Å². The highest BCUT2D eigenvalue weighted by Gasteiger charge is 2.13. The summed E-state index contributed by atoms with van der Waals surface area (Å²) in [5.41, 5.74) is 1.22. The lowest BCUT2D eigenvalue weighted by Crippen LogP contribution is -2.06. The molecule has 0 radical (unpaired) electrons. The first kappa shape index (κ1) is 13.7. The maximum Gasteiger partial charge on any atom is 0.170 e. The minimum Gasteiger partial charge on any atom is -0.294 e. The molecule has 0 atom stereocenters. The first-order chi connectivity index (χ1) is 8.97. The van der Waals surface area contributed by atoms with Crippen LogP contribution >= 0.6 is 11.6 Å². The number of hydrogen-bond donors (Lipinski definition) is 0. The molecule has 2 aromatic rings. The Balaban J connectivity index is 2.23. The topological polar surface area (TPSA) is 17.1 Å². The van der Waals surface area contributed by atoms with Crippen molar-refractivity contribution in [1.29, 1.82) is 0 Å². The normalized spacial score (nSPS) is 10.5. The molecule has 0 aliphatic carbocycles. The van der Waals surface area contributed by atoms with Crippen LogP contribution in [0.25, 0.3) is 0 Å². The van der Waals surface area contributed by atoms with Crippen LogP contribution in [0.3, 0.4) is 0 Å². The third-order valence-electron chi connectivity index (χ3n) is 2.77. The molecule has 2 rings (SSSR count). The SMILES string of the molecule is Cc1ccc(C(=O)Cc2ccc(Cl)c(F)c2)c(F)c1. The monoisotopic (exact) mass is 280 g/mol. The summed E-state index contributed by atoms with van der Waals surface area (Å²) in [6.45, 7) is 1.74. The molecule has 0 fully saturated rings. The highest BCUT2D eigenvalue weighted by molar-refractivity contribution is 6.30. The quantitative estimate of drug-likeness (QED) is 0.764. The molecule has 19 heavy (non-hydrogen) atoms. The van der Waals surface area contributed by atoms with Gasteiger partial charge in [0.05, 0.1) is 10.6 Å². The zero-order valence-electron chi connectivity index (χ0n) is 10.2. The number of aryl methyl sites for hydroxylation is 1. The number of ketones is 1. The van der Waals surface area contributed by atoms with E-state index in [1.54, 1.807) is 19.1 Å². The zero-order valence-corrected chi connectivity index (χ0v) is 11.0. The molecule has 0 aliphatic rings. The van der Waals surface area contributed by atoms with E-state index in [1.807, 2.05) is 0 Å². The molecule has 0 aliphatic heterocycles. The van der Waals surface area contributed by atoms with Gasteiger partial charge in [-0.2, -0.15) is 0 Å². The number of benzene rings is 2. The van der Waals surface area contributed by atoms with Crippen molar-refractivity contribution < 1.29 is 13.6 Å². The Kier molecular flexibility index (Phi) is 3.96. The van der Waals surface area contributed by atoms with Gasteiger partial charge in [0.2, 0.25) is 0 Å². The van der Waals surface area contributed by atoms with Crippen LogP contribution in [0, 0.1) is 18.6 Å². The highest BCUT2D eigenvalue weighted by atomic mass is 35.5. The maximum atomic E-state index is 13.6. The van der Waals surface area contributed by atoms with Gasteiger partial charge in [0.1, 0.15) is 11.6 Å². The molecule has 0 saturated heterocycles. The second kappa shape index (κ2) is 5.49. The van der Waals surface area contributed by atoms with E-state index >= 15 is 0 Å². The van der Waals surface area contributed by atoms with E-state index in [2.05, 4.69) is 0 Å². The zero-order chi connectivity index (χ0) is 14.0. The van der Waals surface area contributed by atoms with E-state index in [1.165, 1.54) is 24.3 Å². The summed E-state index contributed by atoms with van der Waals surface area (Å²) in [5.74, 6) is -1.53. The fourth-order valence-electron chi connectivity index (χ4n) is 1.78. The second-order valence-corrected chi connectivity index (χ2v) is 4.74. The van der Waals surface area contributed by atoms with Gasteiger partial charge in [-0.1, -0.05) is 23.7 Å². The van der Waals surface area contributed by atoms with Crippen molar-refractivity contribution in [3.8, 4) is 0 Å². The number of carbonyl (C=O) groups is 1. The minimum absolute atomic E-state index is 0.00212. The summed E-state index contributed by atoms with van der Waals surface area (Å²) in [6.07, 6.45) is -0.0614. The minimum atomic E-state index is -0.587. The van der Waals surface area contributed by atoms with Gasteiger partial charge in [-0.3, -0.25) is 4.79 Å². The predicted molar refractivity (Wildman–Crippen MR) is 70.6 cm³/mol. The number of rotatable bonds is 3. The van der Waals surface area contributed by atoms with Gasteiger partial charge in [-0.05, 0) is 42.3 Å². The fourth-order valence-corrected chi connectivity index (χ4v) is 1.89. The molecule has 0 N–H and O–H groups in total. The molecular formula is C15H11ClF2O. The van der Waals surface area contributed by atoms with Crippen LogP contribution in [0.5, 0.6) is 0 Å². The van der Waals surface area contributed by atoms with Crippen molar-refractivity contribution >= 4 is 17.4 Å². The summed E-state index contributed by atoms with van der Waals surface area (Å²) < 4.78 is 26.9. The van der Waals surface area contributed by atoms with Crippen molar-refractivity contribution in [2.45, 2.75) is 13.3 Å². The van der Waals surface area contributed by atoms with Gasteiger partial charge in [0, 0.05) is 6.42 Å². The molecule has 0 bridgehead atoms. The molecule has 0 amide bonds. The van der Waals surface area contributed by atoms with E-state index in [9.17, 15) is 13.6 Å². The molecule has 2 aromatic carbocycles. The number of hydrogen-bond acceptors (Lipinski definition) is 1. The number of Topliss-reactive ketones (excluding diaryl/α,β-unsaturated/α-hetero) is 1. The van der Waals surface area contributed by atoms with Crippen molar-refractivity contribution in [3.63, 3.8) is 0 Å². The number of carbonyl (C=O) groups excluding carboxylic acids is 1. The smallest absolute Gasteiger partial charge is 0.170 e. The molecule has 0 saturated carbocycles. The standard InChI is InChI=1S/C15H11ClF2O/c1-9-2-4-11(13(17)6-9)15(19)8-10-3-5-12(16)14(18)7-10/h2-7H,8H2,1H3. The lowest BCUT2D eigenvalue weighted by atomic mass is 10.0. The van der Waals surface area contributed by atoms with E-state index in [0.717, 1.165) is 5.56 Å². The van der Waals surface area contributed by atoms with Gasteiger partial charge < -0.3 is 0 Å². The molecule has 98 valence electrons. The molecule has 0 heterocycles. The maximum absolute atomic E-state index is 13.6. The number of halogens is 3. The Morgan fingerprint density at radius 1 is 1.11 bits per heavy atom. The summed E-state index contributed by atoms with van der Waals surface area (Å²) in [6, 6.07) is 8.53. The van der Waals surface area contributed by atoms with Crippen molar-refractivity contribution in [2.75, 3.05) is 0 Å². The van der Waals surface area contributed by atoms with E-state index in [4.69, 9.17) is 11.6 Å². The predicted octanol–water partition coefficient (Wildman–Crippen LogP) is 4.35. The van der Waals surface area contributed by atoms with E-state index < -0.39 is 11.6 Å². The van der Waals surface area contributed by atoms with Crippen LogP contribution in [0.1, 0.15) is 21.5 Å². The van der Waals surface area contributed by atoms with E-state index in [0.29, 0.717) is 5.56 Å². The van der Waals surface area contributed by atoms with Gasteiger partial charge in [0.25, 0.3) is 0 Å². The van der Waals surface area contributed by atoms with Gasteiger partial charge in [0.15, 0.2) is 5.78 Å². The van der Waals surface area contributed by atoms with Crippen LogP contribution in [0.2, 0.25) is 5.02 Å². The van der Waals surface area contributed by atoms with Crippen LogP contribution < -0.4 is 0 Å². The summed E-state index contributed by atoms with van der Waals surface area (Å²) in [7, 11) is 0. The van der Waals surface area contributed by atoms with Crippen LogP contribution in [-0.4, -0.2) is 5.78 Å². The van der Waals surface area contributed by atoms with Crippen LogP contribution in [-0.2, 0) is 6.42 Å². The largest absolute Gasteiger partial charge is 0.294 e. The first-order valence-electron chi connectivity index (χ1n) is 5.70. The molecule has 0 spiro atoms. The van der Waals surface area contributed by atoms with Crippen molar-refractivity contribution in [3.05, 3.63) is 69.7 Å². The fraction of sp³-hybridized carbons (Fsp3) is 0.133. The molecule has 0 aromatic heterocycles. The van der Waals surface area contributed by atoms with Crippen LogP contribution in [0.4, 0.5) is 8.78 Å².